The lowest BCUT2D eigenvalue weighted by Crippen LogP contribution is -3.22. The Kier molecular flexibility index (Phi) is 5.86. The first-order valence-corrected chi connectivity index (χ1v) is 8.31. The summed E-state index contributed by atoms with van der Waals surface area (Å²) in [6, 6.07) is 0. The molecule has 19 heavy (non-hydrogen) atoms. The van der Waals surface area contributed by atoms with Gasteiger partial charge in [-0.15, -0.1) is 0 Å². The molecular weight excluding hydrogens is 234 g/mol. The first kappa shape index (κ1) is 15.0. The topological polar surface area (TPSA) is 37.7 Å². The van der Waals surface area contributed by atoms with E-state index in [0.29, 0.717) is 0 Å². The number of rotatable bonds is 5. The van der Waals surface area contributed by atoms with Crippen molar-refractivity contribution in [2.75, 3.05) is 45.8 Å². The standard InChI is InChI=1S/C16H31N3/c1-13-10-14(2)16(15(3)11-13)12-18-6-9-19-7-4-17-5-8-19/h10,14-18H,4-9,11-12H2,1-3H3/p+3/t14-,15-,16-/m0/s1. The molecule has 1 aliphatic carbocycles. The Morgan fingerprint density at radius 3 is 2.74 bits per heavy atom. The number of piperazine rings is 1. The van der Waals surface area contributed by atoms with Gasteiger partial charge in [0.15, 0.2) is 0 Å². The molecule has 0 spiro atoms. The molecule has 3 nitrogen and oxygen atoms in total. The minimum atomic E-state index is 0.775. The first-order valence-electron chi connectivity index (χ1n) is 8.31. The van der Waals surface area contributed by atoms with Crippen molar-refractivity contribution in [1.82, 2.24) is 0 Å². The fourth-order valence-corrected chi connectivity index (χ4v) is 4.01. The number of nitrogens with two attached hydrogens (primary N) is 2. The van der Waals surface area contributed by atoms with Gasteiger partial charge in [0.2, 0.25) is 0 Å². The quantitative estimate of drug-likeness (QED) is 0.391. The van der Waals surface area contributed by atoms with Gasteiger partial charge < -0.3 is 15.5 Å². The van der Waals surface area contributed by atoms with E-state index in [1.54, 1.807) is 5.57 Å². The second-order valence-electron chi connectivity index (χ2n) is 6.90. The molecule has 2 aliphatic rings. The molecule has 0 bridgehead atoms. The van der Waals surface area contributed by atoms with Crippen LogP contribution in [0.5, 0.6) is 0 Å². The summed E-state index contributed by atoms with van der Waals surface area (Å²) in [6.45, 7) is 16.5. The largest absolute Gasteiger partial charge is 0.341 e. The average Bonchev–Trinajstić information content (AvgIpc) is 2.38. The van der Waals surface area contributed by atoms with Gasteiger partial charge in [-0.25, -0.2) is 0 Å². The van der Waals surface area contributed by atoms with Crippen molar-refractivity contribution in [3.05, 3.63) is 11.6 Å². The van der Waals surface area contributed by atoms with Gasteiger partial charge in [-0.3, -0.25) is 0 Å². The summed E-state index contributed by atoms with van der Waals surface area (Å²) in [5.41, 5.74) is 1.60. The zero-order chi connectivity index (χ0) is 13.7. The molecule has 1 heterocycles. The zero-order valence-corrected chi connectivity index (χ0v) is 13.1. The van der Waals surface area contributed by atoms with E-state index >= 15 is 0 Å². The van der Waals surface area contributed by atoms with Crippen molar-refractivity contribution in [3.8, 4) is 0 Å². The monoisotopic (exact) mass is 268 g/mol. The highest BCUT2D eigenvalue weighted by atomic mass is 15.2. The summed E-state index contributed by atoms with van der Waals surface area (Å²) in [7, 11) is 0. The molecule has 0 aromatic carbocycles. The zero-order valence-electron chi connectivity index (χ0n) is 13.1. The molecule has 0 amide bonds. The third-order valence-corrected chi connectivity index (χ3v) is 5.14. The normalized spacial score (nSPS) is 33.2. The van der Waals surface area contributed by atoms with E-state index in [1.165, 1.54) is 52.2 Å². The van der Waals surface area contributed by atoms with Crippen molar-refractivity contribution >= 4 is 0 Å². The van der Waals surface area contributed by atoms with Crippen LogP contribution in [0.25, 0.3) is 0 Å². The number of quaternary nitrogens is 3. The third-order valence-electron chi connectivity index (χ3n) is 5.14. The van der Waals surface area contributed by atoms with E-state index in [2.05, 4.69) is 37.5 Å². The SMILES string of the molecule is CC1=C[C@H](C)[C@H](C[NH2+]CC[NH+]2CC[NH2+]CC2)[C@@H](C)C1. The predicted molar refractivity (Wildman–Crippen MR) is 79.1 cm³/mol. The number of allylic oxidation sites excluding steroid dienone is 2. The molecule has 110 valence electrons. The van der Waals surface area contributed by atoms with Crippen LogP contribution in [0.4, 0.5) is 0 Å². The summed E-state index contributed by atoms with van der Waals surface area (Å²) in [5.74, 6) is 2.53. The fourth-order valence-electron chi connectivity index (χ4n) is 4.01. The van der Waals surface area contributed by atoms with E-state index in [-0.39, 0.29) is 0 Å². The average molecular weight is 268 g/mol. The Bertz CT molecular complexity index is 294. The number of hydrogen-bond acceptors (Lipinski definition) is 0. The molecule has 2 rings (SSSR count). The van der Waals surface area contributed by atoms with Crippen LogP contribution >= 0.6 is 0 Å². The maximum absolute atomic E-state index is 2.58. The van der Waals surface area contributed by atoms with Crippen LogP contribution in [0.3, 0.4) is 0 Å². The number of hydrogen-bond donors (Lipinski definition) is 3. The maximum Gasteiger partial charge on any atom is 0.127 e. The summed E-state index contributed by atoms with van der Waals surface area (Å²) < 4.78 is 0. The van der Waals surface area contributed by atoms with Crippen molar-refractivity contribution in [2.24, 2.45) is 17.8 Å². The van der Waals surface area contributed by atoms with Crippen LogP contribution in [0, 0.1) is 17.8 Å². The minimum Gasteiger partial charge on any atom is -0.341 e. The lowest BCUT2D eigenvalue weighted by Gasteiger charge is -2.31. The summed E-state index contributed by atoms with van der Waals surface area (Å²) in [5, 5.41) is 5.03. The smallest absolute Gasteiger partial charge is 0.127 e. The van der Waals surface area contributed by atoms with Crippen LogP contribution in [-0.4, -0.2) is 45.8 Å². The van der Waals surface area contributed by atoms with Gasteiger partial charge in [-0.2, -0.15) is 0 Å². The highest BCUT2D eigenvalue weighted by molar-refractivity contribution is 5.07. The highest BCUT2D eigenvalue weighted by Gasteiger charge is 2.28. The first-order chi connectivity index (χ1) is 9.16. The van der Waals surface area contributed by atoms with Gasteiger partial charge in [-0.1, -0.05) is 25.5 Å². The molecule has 1 aliphatic heterocycles. The van der Waals surface area contributed by atoms with Crippen molar-refractivity contribution in [3.63, 3.8) is 0 Å². The molecule has 0 saturated carbocycles. The molecule has 3 atom stereocenters. The minimum absolute atomic E-state index is 0.775. The Labute approximate surface area is 118 Å². The van der Waals surface area contributed by atoms with Gasteiger partial charge in [-0.05, 0) is 25.2 Å². The van der Waals surface area contributed by atoms with Gasteiger partial charge in [0.05, 0.1) is 6.54 Å². The van der Waals surface area contributed by atoms with Crippen LogP contribution in [0.1, 0.15) is 27.2 Å². The molecule has 0 unspecified atom stereocenters. The summed E-state index contributed by atoms with van der Waals surface area (Å²) in [4.78, 5) is 1.82. The van der Waals surface area contributed by atoms with E-state index in [1.807, 2.05) is 4.90 Å². The van der Waals surface area contributed by atoms with Crippen LogP contribution in [-0.2, 0) is 0 Å². The lowest BCUT2D eigenvalue weighted by atomic mass is 9.75. The maximum atomic E-state index is 2.58. The van der Waals surface area contributed by atoms with E-state index in [9.17, 15) is 0 Å². The van der Waals surface area contributed by atoms with Crippen LogP contribution in [0.2, 0.25) is 0 Å². The molecule has 0 aromatic heterocycles. The van der Waals surface area contributed by atoms with Crippen molar-refractivity contribution in [2.45, 2.75) is 27.2 Å². The molecule has 5 N–H and O–H groups in total. The van der Waals surface area contributed by atoms with Crippen LogP contribution < -0.4 is 15.5 Å². The Hall–Kier alpha value is -0.380. The lowest BCUT2D eigenvalue weighted by molar-refractivity contribution is -0.955. The molecule has 1 saturated heterocycles. The molecule has 0 radical (unpaired) electrons. The van der Waals surface area contributed by atoms with E-state index < -0.39 is 0 Å². The van der Waals surface area contributed by atoms with E-state index in [4.69, 9.17) is 0 Å². The fraction of sp³-hybridized carbons (Fsp3) is 0.875. The van der Waals surface area contributed by atoms with Gasteiger partial charge in [0.25, 0.3) is 0 Å². The van der Waals surface area contributed by atoms with Crippen LogP contribution in [0.15, 0.2) is 11.6 Å². The Morgan fingerprint density at radius 2 is 2.05 bits per heavy atom. The molecular formula is C16H34N3+3. The van der Waals surface area contributed by atoms with Gasteiger partial charge in [0, 0.05) is 5.92 Å². The Balaban J connectivity index is 1.64. The summed E-state index contributed by atoms with van der Waals surface area (Å²) in [6.07, 6.45) is 3.82. The summed E-state index contributed by atoms with van der Waals surface area (Å²) >= 11 is 0. The second-order valence-corrected chi connectivity index (χ2v) is 6.90. The second kappa shape index (κ2) is 7.41. The van der Waals surface area contributed by atoms with Gasteiger partial charge >= 0.3 is 0 Å². The molecule has 3 heteroatoms. The molecule has 1 fully saturated rings. The van der Waals surface area contributed by atoms with Crippen molar-refractivity contribution < 1.29 is 15.5 Å². The van der Waals surface area contributed by atoms with E-state index in [0.717, 1.165) is 17.8 Å². The third kappa shape index (κ3) is 4.59. The Morgan fingerprint density at radius 1 is 1.32 bits per heavy atom. The van der Waals surface area contributed by atoms with Gasteiger partial charge in [0.1, 0.15) is 39.3 Å². The highest BCUT2D eigenvalue weighted by Crippen LogP contribution is 2.32. The molecule has 0 aromatic rings. The predicted octanol–water partition coefficient (Wildman–Crippen LogP) is -1.75. The van der Waals surface area contributed by atoms with Crippen molar-refractivity contribution in [1.29, 1.82) is 0 Å². The number of nitrogens with one attached hydrogen (secondary N) is 1.